The van der Waals surface area contributed by atoms with Crippen LogP contribution in [0.5, 0.6) is 0 Å². The van der Waals surface area contributed by atoms with Crippen molar-refractivity contribution in [3.8, 4) is 0 Å². The van der Waals surface area contributed by atoms with E-state index in [1.54, 1.807) is 11.8 Å². The third-order valence-electron chi connectivity index (χ3n) is 3.26. The van der Waals surface area contributed by atoms with Gasteiger partial charge in [0, 0.05) is 18.7 Å². The molecule has 2 rings (SSSR count). The van der Waals surface area contributed by atoms with Crippen LogP contribution in [0.25, 0.3) is 0 Å². The molecule has 1 heterocycles. The van der Waals surface area contributed by atoms with Crippen LogP contribution in [0.15, 0.2) is 48.1 Å². The molecule has 0 bridgehead atoms. The largest absolute Gasteiger partial charge is 0.390 e. The Bertz CT molecular complexity index is 602. The number of hydrogen-bond acceptors (Lipinski definition) is 4. The molecule has 0 aliphatic rings. The zero-order valence-electron chi connectivity index (χ0n) is 13.2. The molecule has 0 radical (unpaired) electrons. The Labute approximate surface area is 136 Å². The molecule has 0 saturated carbocycles. The fourth-order valence-electron chi connectivity index (χ4n) is 2.04. The second-order valence-corrected chi connectivity index (χ2v) is 6.93. The molecule has 1 N–H and O–H groups in total. The molecule has 0 spiro atoms. The summed E-state index contributed by atoms with van der Waals surface area (Å²) in [5.41, 5.74) is 0.566. The van der Waals surface area contributed by atoms with Crippen molar-refractivity contribution in [2.24, 2.45) is 0 Å². The van der Waals surface area contributed by atoms with Gasteiger partial charge in [0.1, 0.15) is 5.82 Å². The smallest absolute Gasteiger partial charge is 0.191 e. The number of rotatable bonds is 8. The van der Waals surface area contributed by atoms with Crippen LogP contribution in [-0.4, -0.2) is 31.2 Å². The summed E-state index contributed by atoms with van der Waals surface area (Å²) in [7, 11) is 0. The van der Waals surface area contributed by atoms with E-state index < -0.39 is 5.60 Å². The molecule has 0 unspecified atom stereocenters. The quantitative estimate of drug-likeness (QED) is 0.599. The maximum Gasteiger partial charge on any atom is 0.191 e. The van der Waals surface area contributed by atoms with Crippen molar-refractivity contribution in [2.75, 3.05) is 5.75 Å². The summed E-state index contributed by atoms with van der Waals surface area (Å²) >= 11 is 1.63. The van der Waals surface area contributed by atoms with Crippen molar-refractivity contribution in [1.82, 2.24) is 14.8 Å². The summed E-state index contributed by atoms with van der Waals surface area (Å²) in [6, 6.07) is 10.3. The second-order valence-electron chi connectivity index (χ2n) is 5.87. The summed E-state index contributed by atoms with van der Waals surface area (Å²) in [5, 5.41) is 19.3. The Morgan fingerprint density at radius 1 is 1.27 bits per heavy atom. The van der Waals surface area contributed by atoms with Gasteiger partial charge in [-0.15, -0.1) is 16.8 Å². The van der Waals surface area contributed by atoms with Crippen LogP contribution in [0.2, 0.25) is 0 Å². The van der Waals surface area contributed by atoms with E-state index in [0.717, 1.165) is 23.2 Å². The highest BCUT2D eigenvalue weighted by Crippen LogP contribution is 2.22. The van der Waals surface area contributed by atoms with Gasteiger partial charge in [0.2, 0.25) is 0 Å². The number of hydrogen-bond donors (Lipinski definition) is 1. The summed E-state index contributed by atoms with van der Waals surface area (Å²) in [6.07, 6.45) is 3.33. The minimum atomic E-state index is -0.650. The highest BCUT2D eigenvalue weighted by molar-refractivity contribution is 7.99. The van der Waals surface area contributed by atoms with Gasteiger partial charge in [-0.1, -0.05) is 48.2 Å². The molecule has 1 aromatic heterocycles. The number of nitrogens with zero attached hydrogens (tertiary/aromatic N) is 3. The molecule has 0 aliphatic carbocycles. The van der Waals surface area contributed by atoms with Crippen molar-refractivity contribution in [1.29, 1.82) is 0 Å². The number of aromatic nitrogens is 3. The zero-order valence-corrected chi connectivity index (χ0v) is 14.0. The van der Waals surface area contributed by atoms with E-state index in [2.05, 4.69) is 33.5 Å². The molecule has 0 aliphatic heterocycles. The second kappa shape index (κ2) is 7.61. The molecule has 5 heteroatoms. The fraction of sp³-hybridized carbons (Fsp3) is 0.412. The average molecular weight is 317 g/mol. The van der Waals surface area contributed by atoms with Crippen molar-refractivity contribution in [2.45, 2.75) is 44.0 Å². The van der Waals surface area contributed by atoms with E-state index in [1.165, 1.54) is 5.56 Å². The highest BCUT2D eigenvalue weighted by Gasteiger charge is 2.15. The van der Waals surface area contributed by atoms with Gasteiger partial charge >= 0.3 is 0 Å². The Balaban J connectivity index is 2.09. The van der Waals surface area contributed by atoms with Gasteiger partial charge in [-0.2, -0.15) is 0 Å². The first-order valence-electron chi connectivity index (χ1n) is 7.41. The molecular weight excluding hydrogens is 294 g/mol. The van der Waals surface area contributed by atoms with Gasteiger partial charge in [0.15, 0.2) is 5.16 Å². The topological polar surface area (TPSA) is 50.9 Å². The van der Waals surface area contributed by atoms with E-state index in [1.807, 2.05) is 38.1 Å². The molecule has 118 valence electrons. The number of thioether (sulfide) groups is 1. The molecule has 22 heavy (non-hydrogen) atoms. The molecule has 4 nitrogen and oxygen atoms in total. The van der Waals surface area contributed by atoms with E-state index in [-0.39, 0.29) is 0 Å². The lowest BCUT2D eigenvalue weighted by Gasteiger charge is -2.16. The lowest BCUT2D eigenvalue weighted by molar-refractivity contribution is 0.0777. The van der Waals surface area contributed by atoms with Crippen molar-refractivity contribution >= 4 is 11.8 Å². The van der Waals surface area contributed by atoms with E-state index >= 15 is 0 Å². The minimum absolute atomic E-state index is 0.650. The number of aliphatic hydroxyl groups is 1. The van der Waals surface area contributed by atoms with Crippen LogP contribution in [0, 0.1) is 0 Å². The van der Waals surface area contributed by atoms with Crippen molar-refractivity contribution in [3.63, 3.8) is 0 Å². The van der Waals surface area contributed by atoms with Crippen LogP contribution >= 0.6 is 11.8 Å². The zero-order chi connectivity index (χ0) is 16.0. The normalized spacial score (nSPS) is 11.6. The summed E-state index contributed by atoms with van der Waals surface area (Å²) in [6.45, 7) is 8.16. The van der Waals surface area contributed by atoms with Crippen LogP contribution < -0.4 is 0 Å². The molecule has 1 aromatic carbocycles. The Morgan fingerprint density at radius 2 is 2.00 bits per heavy atom. The monoisotopic (exact) mass is 317 g/mol. The standard InChI is InChI=1S/C17H23N3OS/c1-4-11-20-15(13-14-8-6-5-7-9-14)18-19-16(20)22-12-10-17(2,3)21/h4-9,21H,1,10-13H2,2-3H3. The minimum Gasteiger partial charge on any atom is -0.390 e. The molecule has 0 amide bonds. The lowest BCUT2D eigenvalue weighted by Crippen LogP contribution is -2.19. The Hall–Kier alpha value is -1.59. The maximum atomic E-state index is 9.80. The van der Waals surface area contributed by atoms with Gasteiger partial charge in [-0.05, 0) is 25.8 Å². The molecular formula is C17H23N3OS. The fourth-order valence-corrected chi connectivity index (χ4v) is 3.26. The molecule has 2 aromatic rings. The van der Waals surface area contributed by atoms with E-state index in [0.29, 0.717) is 13.0 Å². The van der Waals surface area contributed by atoms with E-state index in [4.69, 9.17) is 0 Å². The number of allylic oxidation sites excluding steroid dienone is 1. The summed E-state index contributed by atoms with van der Waals surface area (Å²) < 4.78 is 2.09. The van der Waals surface area contributed by atoms with Crippen LogP contribution in [0.3, 0.4) is 0 Å². The number of benzene rings is 1. The summed E-state index contributed by atoms with van der Waals surface area (Å²) in [4.78, 5) is 0. The molecule has 0 atom stereocenters. The van der Waals surface area contributed by atoms with Crippen molar-refractivity contribution < 1.29 is 5.11 Å². The molecule has 0 saturated heterocycles. The van der Waals surface area contributed by atoms with Gasteiger partial charge in [0.05, 0.1) is 5.60 Å². The lowest BCUT2D eigenvalue weighted by atomic mass is 10.1. The summed E-state index contributed by atoms with van der Waals surface area (Å²) in [5.74, 6) is 1.75. The third kappa shape index (κ3) is 5.00. The molecule has 0 fully saturated rings. The maximum absolute atomic E-state index is 9.80. The van der Waals surface area contributed by atoms with Crippen LogP contribution in [0.4, 0.5) is 0 Å². The van der Waals surface area contributed by atoms with Crippen molar-refractivity contribution in [3.05, 3.63) is 54.4 Å². The van der Waals surface area contributed by atoms with Crippen LogP contribution in [-0.2, 0) is 13.0 Å². The first kappa shape index (κ1) is 16.8. The third-order valence-corrected chi connectivity index (χ3v) is 4.22. The first-order chi connectivity index (χ1) is 10.5. The average Bonchev–Trinajstić information content (AvgIpc) is 2.82. The SMILES string of the molecule is C=CCn1c(Cc2ccccc2)nnc1SCCC(C)(C)O. The van der Waals surface area contributed by atoms with Gasteiger partial charge in [-0.25, -0.2) is 0 Å². The predicted molar refractivity (Wildman–Crippen MR) is 91.1 cm³/mol. The van der Waals surface area contributed by atoms with Gasteiger partial charge in [0.25, 0.3) is 0 Å². The van der Waals surface area contributed by atoms with E-state index in [9.17, 15) is 5.11 Å². The van der Waals surface area contributed by atoms with Gasteiger partial charge < -0.3 is 9.67 Å². The highest BCUT2D eigenvalue weighted by atomic mass is 32.2. The Kier molecular flexibility index (Phi) is 5.80. The van der Waals surface area contributed by atoms with Gasteiger partial charge in [-0.3, -0.25) is 0 Å². The Morgan fingerprint density at radius 3 is 2.64 bits per heavy atom. The first-order valence-corrected chi connectivity index (χ1v) is 8.40. The predicted octanol–water partition coefficient (Wildman–Crippen LogP) is 3.31. The van der Waals surface area contributed by atoms with Crippen LogP contribution in [0.1, 0.15) is 31.7 Å².